The molecule has 0 radical (unpaired) electrons. The van der Waals surface area contributed by atoms with Crippen molar-refractivity contribution < 1.29 is 14.6 Å². The molecule has 0 unspecified atom stereocenters. The minimum atomic E-state index is -0.868. The van der Waals surface area contributed by atoms with Crippen molar-refractivity contribution in [3.05, 3.63) is 18.7 Å². The topological polar surface area (TPSA) is 64.3 Å². The second-order valence-corrected chi connectivity index (χ2v) is 3.44. The average Bonchev–Trinajstić information content (AvgIpc) is 2.75. The lowest BCUT2D eigenvalue weighted by Crippen LogP contribution is -2.28. The van der Waals surface area contributed by atoms with Crippen LogP contribution in [0.4, 0.5) is 0 Å². The molecule has 6 heteroatoms. The van der Waals surface area contributed by atoms with Gasteiger partial charge in [0.2, 0.25) is 0 Å². The Morgan fingerprint density at radius 1 is 1.67 bits per heavy atom. The van der Waals surface area contributed by atoms with Crippen LogP contribution in [0.2, 0.25) is 0 Å². The Kier molecular flexibility index (Phi) is 4.11. The summed E-state index contributed by atoms with van der Waals surface area (Å²) in [5.74, 6) is -0.811. The molecule has 1 aromatic heterocycles. The zero-order valence-electron chi connectivity index (χ0n) is 8.07. The number of ether oxygens (including phenoxy) is 1. The first-order valence-corrected chi connectivity index (χ1v) is 4.57. The molecule has 1 aliphatic heterocycles. The third-order valence-corrected chi connectivity index (χ3v) is 2.46. The predicted molar refractivity (Wildman–Crippen MR) is 55.0 cm³/mol. The van der Waals surface area contributed by atoms with Gasteiger partial charge in [0.05, 0.1) is 6.33 Å². The number of carbonyl (C=O) groups is 1. The van der Waals surface area contributed by atoms with E-state index in [-0.39, 0.29) is 18.3 Å². The van der Waals surface area contributed by atoms with Crippen molar-refractivity contribution in [1.29, 1.82) is 0 Å². The molecule has 2 heterocycles. The lowest BCUT2D eigenvalue weighted by molar-refractivity contribution is -0.149. The van der Waals surface area contributed by atoms with E-state index < -0.39 is 12.1 Å². The molecule has 1 aliphatic rings. The van der Waals surface area contributed by atoms with Crippen LogP contribution in [-0.4, -0.2) is 33.3 Å². The number of carboxylic acids is 1. The summed E-state index contributed by atoms with van der Waals surface area (Å²) < 4.78 is 7.03. The van der Waals surface area contributed by atoms with Crippen LogP contribution in [0, 0.1) is 5.92 Å². The normalized spacial score (nSPS) is 24.8. The molecule has 0 amide bonds. The second-order valence-electron chi connectivity index (χ2n) is 3.44. The number of rotatable bonds is 3. The molecule has 1 saturated heterocycles. The van der Waals surface area contributed by atoms with Gasteiger partial charge in [0.25, 0.3) is 0 Å². The lowest BCUT2D eigenvalue weighted by Gasteiger charge is -2.14. The maximum Gasteiger partial charge on any atom is 0.333 e. The third kappa shape index (κ3) is 2.70. The molecular formula is C9H13ClN2O3. The summed E-state index contributed by atoms with van der Waals surface area (Å²) >= 11 is 0. The highest BCUT2D eigenvalue weighted by Crippen LogP contribution is 2.22. The first-order valence-electron chi connectivity index (χ1n) is 4.57. The van der Waals surface area contributed by atoms with E-state index in [0.717, 1.165) is 6.42 Å². The molecule has 84 valence electrons. The Morgan fingerprint density at radius 3 is 3.07 bits per heavy atom. The Balaban J connectivity index is 0.00000112. The highest BCUT2D eigenvalue weighted by molar-refractivity contribution is 5.85. The van der Waals surface area contributed by atoms with Crippen LogP contribution in [-0.2, 0) is 16.1 Å². The van der Waals surface area contributed by atoms with Gasteiger partial charge in [-0.15, -0.1) is 12.4 Å². The van der Waals surface area contributed by atoms with Crippen molar-refractivity contribution >= 4 is 18.4 Å². The number of halogens is 1. The summed E-state index contributed by atoms with van der Waals surface area (Å²) in [6.07, 6.45) is 5.35. The molecule has 15 heavy (non-hydrogen) atoms. The number of aliphatic carboxylic acids is 1. The Labute approximate surface area is 93.5 Å². The zero-order chi connectivity index (χ0) is 9.97. The van der Waals surface area contributed by atoms with Crippen molar-refractivity contribution in [3.8, 4) is 0 Å². The number of nitrogens with zero attached hydrogens (tertiary/aromatic N) is 2. The first kappa shape index (κ1) is 12.0. The van der Waals surface area contributed by atoms with E-state index in [0.29, 0.717) is 13.2 Å². The van der Waals surface area contributed by atoms with E-state index in [1.807, 2.05) is 10.8 Å². The average molecular weight is 233 g/mol. The van der Waals surface area contributed by atoms with Crippen molar-refractivity contribution in [1.82, 2.24) is 9.55 Å². The lowest BCUT2D eigenvalue weighted by atomic mass is 10.0. The van der Waals surface area contributed by atoms with Gasteiger partial charge in [-0.25, -0.2) is 9.78 Å². The highest BCUT2D eigenvalue weighted by atomic mass is 35.5. The quantitative estimate of drug-likeness (QED) is 0.837. The van der Waals surface area contributed by atoms with Gasteiger partial charge < -0.3 is 14.4 Å². The van der Waals surface area contributed by atoms with Crippen molar-refractivity contribution in [2.45, 2.75) is 19.1 Å². The van der Waals surface area contributed by atoms with Crippen LogP contribution in [0.3, 0.4) is 0 Å². The van der Waals surface area contributed by atoms with Crippen molar-refractivity contribution in [3.63, 3.8) is 0 Å². The van der Waals surface area contributed by atoms with Gasteiger partial charge in [0.15, 0.2) is 6.10 Å². The molecule has 0 aromatic carbocycles. The molecule has 5 nitrogen and oxygen atoms in total. The number of hydrogen-bond donors (Lipinski definition) is 1. The van der Waals surface area contributed by atoms with Gasteiger partial charge in [-0.2, -0.15) is 0 Å². The van der Waals surface area contributed by atoms with Gasteiger partial charge in [-0.1, -0.05) is 0 Å². The summed E-state index contributed by atoms with van der Waals surface area (Å²) in [5, 5.41) is 8.86. The minimum Gasteiger partial charge on any atom is -0.479 e. The van der Waals surface area contributed by atoms with E-state index in [1.54, 1.807) is 12.5 Å². The van der Waals surface area contributed by atoms with E-state index in [9.17, 15) is 4.79 Å². The van der Waals surface area contributed by atoms with Crippen LogP contribution in [0.25, 0.3) is 0 Å². The van der Waals surface area contributed by atoms with E-state index in [1.165, 1.54) is 0 Å². The minimum absolute atomic E-state index is 0. The van der Waals surface area contributed by atoms with Gasteiger partial charge in [-0.3, -0.25) is 0 Å². The Hall–Kier alpha value is -1.07. The van der Waals surface area contributed by atoms with Crippen LogP contribution >= 0.6 is 12.4 Å². The van der Waals surface area contributed by atoms with Gasteiger partial charge in [0, 0.05) is 31.5 Å². The predicted octanol–water partition coefficient (Wildman–Crippen LogP) is 0.795. The molecular weight excluding hydrogens is 220 g/mol. The largest absolute Gasteiger partial charge is 0.479 e. The molecule has 1 N–H and O–H groups in total. The summed E-state index contributed by atoms with van der Waals surface area (Å²) in [6.45, 7) is 1.20. The van der Waals surface area contributed by atoms with Crippen LogP contribution in [0.15, 0.2) is 18.7 Å². The summed E-state index contributed by atoms with van der Waals surface area (Å²) in [5.41, 5.74) is 0. The molecule has 2 rings (SSSR count). The smallest absolute Gasteiger partial charge is 0.333 e. The Bertz CT molecular complexity index is 315. The molecule has 0 aliphatic carbocycles. The van der Waals surface area contributed by atoms with Gasteiger partial charge >= 0.3 is 5.97 Å². The molecule has 2 atom stereocenters. The highest BCUT2D eigenvalue weighted by Gasteiger charge is 2.33. The SMILES string of the molecule is Cl.O=C(O)[C@@H]1OCC[C@@H]1Cn1ccnc1. The second kappa shape index (κ2) is 5.14. The summed E-state index contributed by atoms with van der Waals surface area (Å²) in [6, 6.07) is 0. The fourth-order valence-electron chi connectivity index (χ4n) is 1.76. The first-order chi connectivity index (χ1) is 6.77. The molecule has 0 spiro atoms. The molecule has 0 saturated carbocycles. The van der Waals surface area contributed by atoms with E-state index in [2.05, 4.69) is 4.98 Å². The maximum absolute atomic E-state index is 10.8. The van der Waals surface area contributed by atoms with Crippen LogP contribution in [0.5, 0.6) is 0 Å². The fourth-order valence-corrected chi connectivity index (χ4v) is 1.76. The number of carboxylic acid groups (broad SMARTS) is 1. The van der Waals surface area contributed by atoms with Crippen molar-refractivity contribution in [2.24, 2.45) is 5.92 Å². The fraction of sp³-hybridized carbons (Fsp3) is 0.556. The number of aromatic nitrogens is 2. The monoisotopic (exact) mass is 232 g/mol. The van der Waals surface area contributed by atoms with Crippen LogP contribution < -0.4 is 0 Å². The van der Waals surface area contributed by atoms with E-state index in [4.69, 9.17) is 9.84 Å². The summed E-state index contributed by atoms with van der Waals surface area (Å²) in [4.78, 5) is 14.7. The zero-order valence-corrected chi connectivity index (χ0v) is 8.89. The summed E-state index contributed by atoms with van der Waals surface area (Å²) in [7, 11) is 0. The number of imidazole rings is 1. The molecule has 1 fully saturated rings. The van der Waals surface area contributed by atoms with Gasteiger partial charge in [-0.05, 0) is 6.42 Å². The maximum atomic E-state index is 10.8. The van der Waals surface area contributed by atoms with Gasteiger partial charge in [0.1, 0.15) is 0 Å². The number of hydrogen-bond acceptors (Lipinski definition) is 3. The molecule has 0 bridgehead atoms. The van der Waals surface area contributed by atoms with Crippen LogP contribution in [0.1, 0.15) is 6.42 Å². The molecule has 1 aromatic rings. The Morgan fingerprint density at radius 2 is 2.47 bits per heavy atom. The van der Waals surface area contributed by atoms with Crippen molar-refractivity contribution in [2.75, 3.05) is 6.61 Å². The standard InChI is InChI=1S/C9H12N2O3.ClH/c12-9(13)8-7(1-4-14-8)5-11-3-2-10-6-11;/h2-3,6-8H,1,4-5H2,(H,12,13);1H/t7-,8-;/m1./s1. The third-order valence-electron chi connectivity index (χ3n) is 2.46. The van der Waals surface area contributed by atoms with E-state index >= 15 is 0 Å².